The SMILES string of the molecule is CCC/C=C/CC/C=C/CC/C=C/C(O)C(CO)NC(=O)CCCCCCCCCCCCCCC/C=C\C/C=C\CCCCCCCCCCC. The summed E-state index contributed by atoms with van der Waals surface area (Å²) in [4.78, 5) is 12.4. The highest BCUT2D eigenvalue weighted by molar-refractivity contribution is 5.76. The maximum absolute atomic E-state index is 12.4. The molecular weight excluding hydrogens is 639 g/mol. The molecule has 0 aliphatic carbocycles. The van der Waals surface area contributed by atoms with Crippen LogP contribution >= 0.6 is 0 Å². The molecule has 302 valence electrons. The van der Waals surface area contributed by atoms with Crippen LogP contribution < -0.4 is 5.32 Å². The summed E-state index contributed by atoms with van der Waals surface area (Å²) >= 11 is 0. The van der Waals surface area contributed by atoms with Gasteiger partial charge in [-0.2, -0.15) is 0 Å². The topological polar surface area (TPSA) is 69.6 Å². The summed E-state index contributed by atoms with van der Waals surface area (Å²) < 4.78 is 0. The minimum absolute atomic E-state index is 0.0821. The second kappa shape index (κ2) is 43.5. The zero-order chi connectivity index (χ0) is 37.8. The zero-order valence-corrected chi connectivity index (χ0v) is 34.6. The van der Waals surface area contributed by atoms with Crippen molar-refractivity contribution in [2.24, 2.45) is 0 Å². The van der Waals surface area contributed by atoms with Crippen molar-refractivity contribution in [2.75, 3.05) is 6.61 Å². The van der Waals surface area contributed by atoms with Crippen LogP contribution in [0.1, 0.15) is 219 Å². The lowest BCUT2D eigenvalue weighted by Crippen LogP contribution is -2.45. The number of carbonyl (C=O) groups excluding carboxylic acids is 1. The molecule has 0 aromatic carbocycles. The van der Waals surface area contributed by atoms with Gasteiger partial charge in [-0.3, -0.25) is 4.79 Å². The molecule has 1 amide bonds. The Morgan fingerprint density at radius 2 is 0.846 bits per heavy atom. The fraction of sp³-hybridized carbons (Fsp3) is 0.771. The van der Waals surface area contributed by atoms with Gasteiger partial charge in [0.25, 0.3) is 0 Å². The molecule has 0 rings (SSSR count). The maximum atomic E-state index is 12.4. The van der Waals surface area contributed by atoms with Crippen molar-refractivity contribution < 1.29 is 15.0 Å². The zero-order valence-electron chi connectivity index (χ0n) is 34.6. The first-order chi connectivity index (χ1) is 25.7. The molecule has 0 fully saturated rings. The van der Waals surface area contributed by atoms with Gasteiger partial charge in [-0.05, 0) is 70.6 Å². The summed E-state index contributed by atoms with van der Waals surface area (Å²) in [5.74, 6) is -0.0821. The monoisotopic (exact) mass is 726 g/mol. The molecule has 4 nitrogen and oxygen atoms in total. The minimum atomic E-state index is -0.870. The van der Waals surface area contributed by atoms with Crippen LogP contribution in [0.15, 0.2) is 60.8 Å². The van der Waals surface area contributed by atoms with Gasteiger partial charge in [0, 0.05) is 6.42 Å². The highest BCUT2D eigenvalue weighted by Crippen LogP contribution is 2.14. The smallest absolute Gasteiger partial charge is 0.220 e. The van der Waals surface area contributed by atoms with Crippen LogP contribution in [-0.2, 0) is 4.79 Å². The summed E-state index contributed by atoms with van der Waals surface area (Å²) in [6.45, 7) is 4.21. The lowest BCUT2D eigenvalue weighted by Gasteiger charge is -2.19. The Morgan fingerprint density at radius 3 is 1.29 bits per heavy atom. The molecule has 0 heterocycles. The summed E-state index contributed by atoms with van der Waals surface area (Å²) in [6, 6.07) is -0.645. The van der Waals surface area contributed by atoms with Crippen molar-refractivity contribution in [3.63, 3.8) is 0 Å². The van der Waals surface area contributed by atoms with E-state index in [0.29, 0.717) is 6.42 Å². The van der Waals surface area contributed by atoms with E-state index in [1.165, 1.54) is 148 Å². The molecule has 0 saturated heterocycles. The van der Waals surface area contributed by atoms with Gasteiger partial charge in [0.1, 0.15) is 0 Å². The summed E-state index contributed by atoms with van der Waals surface area (Å²) in [7, 11) is 0. The molecule has 52 heavy (non-hydrogen) atoms. The van der Waals surface area contributed by atoms with E-state index in [-0.39, 0.29) is 12.5 Å². The number of amides is 1. The van der Waals surface area contributed by atoms with Crippen molar-refractivity contribution in [1.82, 2.24) is 5.32 Å². The molecule has 0 spiro atoms. The van der Waals surface area contributed by atoms with Gasteiger partial charge >= 0.3 is 0 Å². The molecular formula is C48H87NO3. The summed E-state index contributed by atoms with van der Waals surface area (Å²) in [5.41, 5.74) is 0. The lowest BCUT2D eigenvalue weighted by atomic mass is 10.0. The number of aliphatic hydroxyl groups is 2. The summed E-state index contributed by atoms with van der Waals surface area (Å²) in [5, 5.41) is 22.9. The van der Waals surface area contributed by atoms with E-state index in [4.69, 9.17) is 0 Å². The number of hydrogen-bond donors (Lipinski definition) is 3. The van der Waals surface area contributed by atoms with E-state index >= 15 is 0 Å². The summed E-state index contributed by atoms with van der Waals surface area (Å²) in [6.07, 6.45) is 60.6. The van der Waals surface area contributed by atoms with Gasteiger partial charge in [-0.1, -0.05) is 203 Å². The molecule has 0 aromatic heterocycles. The Balaban J connectivity index is 3.52. The Hall–Kier alpha value is -1.91. The first-order valence-corrected chi connectivity index (χ1v) is 22.5. The third-order valence-corrected chi connectivity index (χ3v) is 9.93. The molecule has 0 saturated carbocycles. The number of hydrogen-bond acceptors (Lipinski definition) is 3. The quantitative estimate of drug-likeness (QED) is 0.0435. The number of allylic oxidation sites excluding steroid dienone is 9. The molecule has 0 aliphatic rings. The van der Waals surface area contributed by atoms with Gasteiger partial charge in [0.15, 0.2) is 0 Å². The maximum Gasteiger partial charge on any atom is 0.220 e. The van der Waals surface area contributed by atoms with Gasteiger partial charge in [0.05, 0.1) is 18.8 Å². The van der Waals surface area contributed by atoms with Crippen molar-refractivity contribution in [2.45, 2.75) is 231 Å². The van der Waals surface area contributed by atoms with Crippen LogP contribution in [0.5, 0.6) is 0 Å². The Bertz CT molecular complexity index is 873. The third kappa shape index (κ3) is 39.3. The van der Waals surface area contributed by atoms with Crippen molar-refractivity contribution in [3.8, 4) is 0 Å². The molecule has 2 atom stereocenters. The first kappa shape index (κ1) is 50.1. The Morgan fingerprint density at radius 1 is 0.462 bits per heavy atom. The molecule has 3 N–H and O–H groups in total. The van der Waals surface area contributed by atoms with Gasteiger partial charge in [-0.15, -0.1) is 0 Å². The van der Waals surface area contributed by atoms with Gasteiger partial charge in [0.2, 0.25) is 5.91 Å². The van der Waals surface area contributed by atoms with Crippen LogP contribution in [0.25, 0.3) is 0 Å². The van der Waals surface area contributed by atoms with Gasteiger partial charge in [-0.25, -0.2) is 0 Å². The number of nitrogens with one attached hydrogen (secondary N) is 1. The third-order valence-electron chi connectivity index (χ3n) is 9.93. The molecule has 4 heteroatoms. The average Bonchev–Trinajstić information content (AvgIpc) is 3.15. The van der Waals surface area contributed by atoms with Crippen LogP contribution in [-0.4, -0.2) is 34.9 Å². The molecule has 0 aromatic rings. The Kier molecular flexibility index (Phi) is 41.9. The standard InChI is InChI=1S/C48H87NO3/c1-3-5-7-9-11-13-15-16-17-18-19-20-21-22-23-24-25-26-27-28-29-30-31-32-34-36-38-40-42-44-48(52)49-46(45-50)47(51)43-41-39-37-35-33-14-12-10-8-6-4-2/h8,10,19-20,22-23,33,35,41,43,46-47,50-51H,3-7,9,11-18,21,24-32,34,36-40,42,44-45H2,1-2H3,(H,49,52)/b10-8+,20-19-,23-22-,35-33+,43-41+. The highest BCUT2D eigenvalue weighted by atomic mass is 16.3. The van der Waals surface area contributed by atoms with Crippen molar-refractivity contribution >= 4 is 5.91 Å². The second-order valence-electron chi connectivity index (χ2n) is 15.1. The van der Waals surface area contributed by atoms with Crippen LogP contribution in [0.4, 0.5) is 0 Å². The van der Waals surface area contributed by atoms with Crippen LogP contribution in [0.3, 0.4) is 0 Å². The number of carbonyl (C=O) groups is 1. The molecule has 0 bridgehead atoms. The lowest BCUT2D eigenvalue weighted by molar-refractivity contribution is -0.123. The van der Waals surface area contributed by atoms with E-state index in [1.54, 1.807) is 6.08 Å². The normalized spacial score (nSPS) is 13.5. The van der Waals surface area contributed by atoms with Crippen molar-refractivity contribution in [3.05, 3.63) is 60.8 Å². The average molecular weight is 726 g/mol. The van der Waals surface area contributed by atoms with Crippen LogP contribution in [0, 0.1) is 0 Å². The van der Waals surface area contributed by atoms with Crippen molar-refractivity contribution in [1.29, 1.82) is 0 Å². The fourth-order valence-corrected chi connectivity index (χ4v) is 6.48. The molecule has 0 aliphatic heterocycles. The number of rotatable bonds is 40. The predicted molar refractivity (Wildman–Crippen MR) is 230 cm³/mol. The van der Waals surface area contributed by atoms with Gasteiger partial charge < -0.3 is 15.5 Å². The van der Waals surface area contributed by atoms with E-state index < -0.39 is 12.1 Å². The minimum Gasteiger partial charge on any atom is -0.394 e. The molecule has 2 unspecified atom stereocenters. The van der Waals surface area contributed by atoms with E-state index in [2.05, 4.69) is 67.8 Å². The second-order valence-corrected chi connectivity index (χ2v) is 15.1. The van der Waals surface area contributed by atoms with Crippen LogP contribution in [0.2, 0.25) is 0 Å². The van der Waals surface area contributed by atoms with E-state index in [9.17, 15) is 15.0 Å². The largest absolute Gasteiger partial charge is 0.394 e. The predicted octanol–water partition coefficient (Wildman–Crippen LogP) is 14.1. The highest BCUT2D eigenvalue weighted by Gasteiger charge is 2.17. The Labute approximate surface area is 324 Å². The fourth-order valence-electron chi connectivity index (χ4n) is 6.48. The van der Waals surface area contributed by atoms with E-state index in [1.807, 2.05) is 6.08 Å². The van der Waals surface area contributed by atoms with E-state index in [0.717, 1.165) is 51.4 Å². The molecule has 0 radical (unpaired) electrons. The first-order valence-electron chi connectivity index (χ1n) is 22.5. The number of unbranched alkanes of at least 4 members (excludes halogenated alkanes) is 25. The number of aliphatic hydroxyl groups excluding tert-OH is 2.